The molecule has 0 fully saturated rings. The molecule has 0 aromatic heterocycles. The zero-order valence-electron chi connectivity index (χ0n) is 9.41. The number of hydrogen-bond acceptors (Lipinski definition) is 5. The second kappa shape index (κ2) is 5.74. The summed E-state index contributed by atoms with van der Waals surface area (Å²) in [5, 5.41) is 46.0. The monoisotopic (exact) mass is 224 g/mol. The molecule has 0 spiro atoms. The molecule has 0 saturated carbocycles. The lowest BCUT2D eigenvalue weighted by atomic mass is 10.0. The molecule has 0 aliphatic carbocycles. The third-order valence-corrected chi connectivity index (χ3v) is 2.06. The van der Waals surface area contributed by atoms with Crippen molar-refractivity contribution in [2.75, 3.05) is 34.3 Å². The maximum Gasteiger partial charge on any atom is 0.131 e. The van der Waals surface area contributed by atoms with Gasteiger partial charge in [-0.3, -0.25) is 0 Å². The van der Waals surface area contributed by atoms with E-state index in [0.29, 0.717) is 4.48 Å². The zero-order chi connectivity index (χ0) is 12.2. The molecule has 4 atom stereocenters. The standard InChI is InChI=1S/C9H22NO5/c1-10(2,3)4-6(12)8(14)9(15)7(13)5-11/h6-9,11-15H,4-5H2,1-3H3/q+1/t6-,7-,8-,9+/m0/s1. The molecule has 0 bridgehead atoms. The first kappa shape index (κ1) is 14.8. The highest BCUT2D eigenvalue weighted by Gasteiger charge is 2.32. The van der Waals surface area contributed by atoms with E-state index < -0.39 is 31.0 Å². The lowest BCUT2D eigenvalue weighted by molar-refractivity contribution is -0.874. The van der Waals surface area contributed by atoms with Crippen molar-refractivity contribution in [3.8, 4) is 0 Å². The van der Waals surface area contributed by atoms with Gasteiger partial charge < -0.3 is 30.0 Å². The van der Waals surface area contributed by atoms with Gasteiger partial charge in [0, 0.05) is 0 Å². The summed E-state index contributed by atoms with van der Waals surface area (Å²) >= 11 is 0. The summed E-state index contributed by atoms with van der Waals surface area (Å²) < 4.78 is 0.417. The Morgan fingerprint density at radius 3 is 1.60 bits per heavy atom. The van der Waals surface area contributed by atoms with Crippen LogP contribution in [-0.4, -0.2) is 88.7 Å². The molecule has 0 radical (unpaired) electrons. The molecule has 92 valence electrons. The van der Waals surface area contributed by atoms with Crippen LogP contribution in [0.5, 0.6) is 0 Å². The highest BCUT2D eigenvalue weighted by molar-refractivity contribution is 4.80. The minimum atomic E-state index is -1.54. The van der Waals surface area contributed by atoms with Crippen LogP contribution < -0.4 is 0 Å². The van der Waals surface area contributed by atoms with Crippen molar-refractivity contribution in [2.24, 2.45) is 0 Å². The maximum atomic E-state index is 9.55. The highest BCUT2D eigenvalue weighted by atomic mass is 16.4. The van der Waals surface area contributed by atoms with Crippen molar-refractivity contribution in [3.63, 3.8) is 0 Å². The quantitative estimate of drug-likeness (QED) is 0.312. The fraction of sp³-hybridized carbons (Fsp3) is 1.00. The summed E-state index contributed by atoms with van der Waals surface area (Å²) in [6.07, 6.45) is -5.61. The average Bonchev–Trinajstić information content (AvgIpc) is 2.11. The molecule has 6 heteroatoms. The summed E-state index contributed by atoms with van der Waals surface area (Å²) in [6, 6.07) is 0. The second-order valence-electron chi connectivity index (χ2n) is 4.77. The fourth-order valence-corrected chi connectivity index (χ4v) is 1.23. The number of nitrogens with zero attached hydrogens (tertiary/aromatic N) is 1. The molecule has 0 rings (SSSR count). The number of hydrogen-bond donors (Lipinski definition) is 5. The summed E-state index contributed by atoms with van der Waals surface area (Å²) in [5.41, 5.74) is 0. The summed E-state index contributed by atoms with van der Waals surface area (Å²) in [7, 11) is 5.47. The Morgan fingerprint density at radius 1 is 0.867 bits per heavy atom. The fourth-order valence-electron chi connectivity index (χ4n) is 1.23. The van der Waals surface area contributed by atoms with E-state index in [1.54, 1.807) is 0 Å². The molecule has 0 heterocycles. The second-order valence-corrected chi connectivity index (χ2v) is 4.77. The van der Waals surface area contributed by atoms with E-state index in [1.807, 2.05) is 21.1 Å². The Balaban J connectivity index is 4.25. The van der Waals surface area contributed by atoms with Crippen molar-refractivity contribution in [1.29, 1.82) is 0 Å². The van der Waals surface area contributed by atoms with Gasteiger partial charge in [-0.05, 0) is 0 Å². The Labute approximate surface area is 89.6 Å². The van der Waals surface area contributed by atoms with Crippen LogP contribution in [-0.2, 0) is 0 Å². The van der Waals surface area contributed by atoms with E-state index in [9.17, 15) is 15.3 Å². The predicted octanol–water partition coefficient (Wildman–Crippen LogP) is -2.87. The molecule has 5 N–H and O–H groups in total. The summed E-state index contributed by atoms with van der Waals surface area (Å²) in [5.74, 6) is 0. The Kier molecular flexibility index (Phi) is 5.65. The number of quaternary nitrogens is 1. The normalized spacial score (nSPS) is 20.8. The molecule has 0 unspecified atom stereocenters. The number of aliphatic hydroxyl groups excluding tert-OH is 5. The van der Waals surface area contributed by atoms with Gasteiger partial charge in [0.15, 0.2) is 0 Å². The van der Waals surface area contributed by atoms with Gasteiger partial charge in [-0.2, -0.15) is 0 Å². The predicted molar refractivity (Wildman–Crippen MR) is 54.0 cm³/mol. The van der Waals surface area contributed by atoms with E-state index in [1.165, 1.54) is 0 Å². The van der Waals surface area contributed by atoms with Gasteiger partial charge in [-0.15, -0.1) is 0 Å². The van der Waals surface area contributed by atoms with E-state index in [4.69, 9.17) is 10.2 Å². The van der Waals surface area contributed by atoms with Gasteiger partial charge in [-0.25, -0.2) is 0 Å². The van der Waals surface area contributed by atoms with Crippen molar-refractivity contribution >= 4 is 0 Å². The third-order valence-electron chi connectivity index (χ3n) is 2.06. The minimum Gasteiger partial charge on any atom is -0.394 e. The lowest BCUT2D eigenvalue weighted by Crippen LogP contribution is -2.52. The van der Waals surface area contributed by atoms with Crippen LogP contribution in [0.1, 0.15) is 0 Å². The van der Waals surface area contributed by atoms with Gasteiger partial charge in [0.1, 0.15) is 31.0 Å². The molecule has 0 aromatic carbocycles. The molecule has 0 saturated heterocycles. The smallest absolute Gasteiger partial charge is 0.131 e. The number of likely N-dealkylation sites (N-methyl/N-ethyl adjacent to an activating group) is 1. The average molecular weight is 224 g/mol. The number of aliphatic hydroxyl groups is 5. The van der Waals surface area contributed by atoms with Crippen LogP contribution in [0.3, 0.4) is 0 Å². The maximum absolute atomic E-state index is 9.55. The van der Waals surface area contributed by atoms with E-state index >= 15 is 0 Å². The van der Waals surface area contributed by atoms with Crippen molar-refractivity contribution < 1.29 is 30.0 Å². The van der Waals surface area contributed by atoms with E-state index in [0.717, 1.165) is 0 Å². The van der Waals surface area contributed by atoms with Gasteiger partial charge in [-0.1, -0.05) is 0 Å². The van der Waals surface area contributed by atoms with E-state index in [-0.39, 0.29) is 6.54 Å². The topological polar surface area (TPSA) is 101 Å². The van der Waals surface area contributed by atoms with Crippen LogP contribution >= 0.6 is 0 Å². The third kappa shape index (κ3) is 5.41. The first-order valence-electron chi connectivity index (χ1n) is 4.82. The van der Waals surface area contributed by atoms with Gasteiger partial charge >= 0.3 is 0 Å². The largest absolute Gasteiger partial charge is 0.394 e. The van der Waals surface area contributed by atoms with Crippen LogP contribution in [0.2, 0.25) is 0 Å². The Hall–Kier alpha value is -0.240. The SMILES string of the molecule is C[N+](C)(C)C[C@H](O)[C@H](O)[C@H](O)[C@@H](O)CO. The van der Waals surface area contributed by atoms with Gasteiger partial charge in [0.25, 0.3) is 0 Å². The number of rotatable bonds is 6. The van der Waals surface area contributed by atoms with E-state index in [2.05, 4.69) is 0 Å². The molecule has 0 amide bonds. The van der Waals surface area contributed by atoms with Crippen LogP contribution in [0.25, 0.3) is 0 Å². The van der Waals surface area contributed by atoms with Crippen LogP contribution in [0.4, 0.5) is 0 Å². The summed E-state index contributed by atoms with van der Waals surface area (Å²) in [6.45, 7) is -0.425. The summed E-state index contributed by atoms with van der Waals surface area (Å²) in [4.78, 5) is 0. The molecule has 6 nitrogen and oxygen atoms in total. The van der Waals surface area contributed by atoms with Crippen molar-refractivity contribution in [1.82, 2.24) is 0 Å². The zero-order valence-corrected chi connectivity index (χ0v) is 9.41. The molecule has 0 aliphatic rings. The molecule has 15 heavy (non-hydrogen) atoms. The van der Waals surface area contributed by atoms with Crippen molar-refractivity contribution in [2.45, 2.75) is 24.4 Å². The first-order valence-corrected chi connectivity index (χ1v) is 4.82. The highest BCUT2D eigenvalue weighted by Crippen LogP contribution is 2.07. The Morgan fingerprint density at radius 2 is 1.27 bits per heavy atom. The van der Waals surface area contributed by atoms with Gasteiger partial charge in [0.05, 0.1) is 27.7 Å². The van der Waals surface area contributed by atoms with Crippen LogP contribution in [0, 0.1) is 0 Å². The first-order chi connectivity index (χ1) is 6.69. The Bertz CT molecular complexity index is 182. The van der Waals surface area contributed by atoms with Crippen molar-refractivity contribution in [3.05, 3.63) is 0 Å². The molecule has 0 aromatic rings. The molecular formula is C9H22NO5+. The van der Waals surface area contributed by atoms with Gasteiger partial charge in [0.2, 0.25) is 0 Å². The minimum absolute atomic E-state index is 0.233. The van der Waals surface area contributed by atoms with Crippen LogP contribution in [0.15, 0.2) is 0 Å². The molecular weight excluding hydrogens is 202 g/mol. The lowest BCUT2D eigenvalue weighted by Gasteiger charge is -2.31. The molecule has 0 aliphatic heterocycles.